The number of benzene rings is 1. The molecule has 0 spiro atoms. The summed E-state index contributed by atoms with van der Waals surface area (Å²) in [6.07, 6.45) is -0.441. The summed E-state index contributed by atoms with van der Waals surface area (Å²) in [5.41, 5.74) is 1.63. The highest BCUT2D eigenvalue weighted by molar-refractivity contribution is 6.19. The lowest BCUT2D eigenvalue weighted by Crippen LogP contribution is -2.34. The second kappa shape index (κ2) is 4.22. The molecule has 86 valence electrons. The Labute approximate surface area is 99.1 Å². The van der Waals surface area contributed by atoms with E-state index in [0.717, 1.165) is 5.69 Å². The number of alkyl halides is 1. The van der Waals surface area contributed by atoms with Crippen LogP contribution in [-0.2, 0) is 4.79 Å². The van der Waals surface area contributed by atoms with E-state index < -0.39 is 6.10 Å². The maximum absolute atomic E-state index is 11.4. The Bertz CT molecular complexity index is 422. The molecule has 1 atom stereocenters. The molecule has 1 aliphatic heterocycles. The Balaban J connectivity index is 2.32. The van der Waals surface area contributed by atoms with Crippen molar-refractivity contribution < 1.29 is 9.53 Å². The number of fused-ring (bicyclic) bond motifs is 1. The first-order chi connectivity index (χ1) is 7.61. The molecule has 0 aliphatic carbocycles. The monoisotopic (exact) mass is 240 g/mol. The summed E-state index contributed by atoms with van der Waals surface area (Å²) >= 11 is 5.73. The third kappa shape index (κ3) is 1.93. The van der Waals surface area contributed by atoms with Gasteiger partial charge in [0.1, 0.15) is 5.75 Å². The van der Waals surface area contributed by atoms with E-state index in [-0.39, 0.29) is 5.91 Å². The van der Waals surface area contributed by atoms with Gasteiger partial charge in [-0.25, -0.2) is 0 Å². The molecule has 1 amide bonds. The molecule has 4 nitrogen and oxygen atoms in total. The Morgan fingerprint density at radius 2 is 2.31 bits per heavy atom. The number of ether oxygens (including phenoxy) is 1. The van der Waals surface area contributed by atoms with Crippen LogP contribution in [0, 0.1) is 0 Å². The molecule has 5 heteroatoms. The van der Waals surface area contributed by atoms with Crippen LogP contribution in [0.3, 0.4) is 0 Å². The fourth-order valence-electron chi connectivity index (χ4n) is 1.50. The number of anilines is 2. The summed E-state index contributed by atoms with van der Waals surface area (Å²) in [5, 5.41) is 2.80. The second-order valence-corrected chi connectivity index (χ2v) is 3.99. The van der Waals surface area contributed by atoms with Crippen molar-refractivity contribution in [3.05, 3.63) is 18.2 Å². The maximum Gasteiger partial charge on any atom is 0.265 e. The molecule has 0 radical (unpaired) electrons. The predicted molar refractivity (Wildman–Crippen MR) is 64.3 cm³/mol. The minimum atomic E-state index is -0.441. The number of carbonyl (C=O) groups excluding carboxylic acids is 1. The summed E-state index contributed by atoms with van der Waals surface area (Å²) in [7, 11) is 1.88. The van der Waals surface area contributed by atoms with Crippen molar-refractivity contribution in [3.63, 3.8) is 0 Å². The number of halogens is 1. The van der Waals surface area contributed by atoms with E-state index in [4.69, 9.17) is 16.3 Å². The van der Waals surface area contributed by atoms with Crippen LogP contribution >= 0.6 is 11.6 Å². The molecule has 0 saturated heterocycles. The van der Waals surface area contributed by atoms with Gasteiger partial charge in [0.05, 0.1) is 11.7 Å². The molecule has 1 aromatic rings. The van der Waals surface area contributed by atoms with Gasteiger partial charge in [0.2, 0.25) is 0 Å². The van der Waals surface area contributed by atoms with Crippen LogP contribution in [0.25, 0.3) is 0 Å². The van der Waals surface area contributed by atoms with Gasteiger partial charge in [0.25, 0.3) is 5.91 Å². The van der Waals surface area contributed by atoms with Gasteiger partial charge < -0.3 is 15.0 Å². The number of amides is 1. The van der Waals surface area contributed by atoms with Crippen molar-refractivity contribution in [1.82, 2.24) is 0 Å². The van der Waals surface area contributed by atoms with Crippen LogP contribution in [-0.4, -0.2) is 25.1 Å². The van der Waals surface area contributed by atoms with Gasteiger partial charge in [-0.15, -0.1) is 11.6 Å². The van der Waals surface area contributed by atoms with E-state index in [1.807, 2.05) is 30.1 Å². The SMILES string of the molecule is CC1Oc2ccc(N(C)CCl)cc2NC1=O. The zero-order valence-corrected chi connectivity index (χ0v) is 9.91. The van der Waals surface area contributed by atoms with Crippen LogP contribution in [0.1, 0.15) is 6.92 Å². The topological polar surface area (TPSA) is 41.6 Å². The first-order valence-corrected chi connectivity index (χ1v) is 5.54. The lowest BCUT2D eigenvalue weighted by atomic mass is 10.2. The Morgan fingerprint density at radius 3 is 3.00 bits per heavy atom. The molecular formula is C11H13ClN2O2. The summed E-state index contributed by atoms with van der Waals surface area (Å²) in [5.74, 6) is 0.567. The summed E-state index contributed by atoms with van der Waals surface area (Å²) in [4.78, 5) is 13.3. The maximum atomic E-state index is 11.4. The molecular weight excluding hydrogens is 228 g/mol. The van der Waals surface area contributed by atoms with E-state index in [1.165, 1.54) is 0 Å². The lowest BCUT2D eigenvalue weighted by molar-refractivity contribution is -0.122. The van der Waals surface area contributed by atoms with E-state index in [0.29, 0.717) is 17.4 Å². The first-order valence-electron chi connectivity index (χ1n) is 5.00. The molecule has 0 aromatic heterocycles. The molecule has 1 heterocycles. The minimum Gasteiger partial charge on any atom is -0.479 e. The van der Waals surface area contributed by atoms with Crippen LogP contribution in [0.2, 0.25) is 0 Å². The Kier molecular flexibility index (Phi) is 2.92. The predicted octanol–water partition coefficient (Wildman–Crippen LogP) is 2.04. The van der Waals surface area contributed by atoms with Crippen LogP contribution < -0.4 is 15.0 Å². The number of nitrogens with zero attached hydrogens (tertiary/aromatic N) is 1. The Hall–Kier alpha value is -1.42. The number of hydrogen-bond donors (Lipinski definition) is 1. The Morgan fingerprint density at radius 1 is 1.56 bits per heavy atom. The third-order valence-electron chi connectivity index (χ3n) is 2.51. The van der Waals surface area contributed by atoms with E-state index in [9.17, 15) is 4.79 Å². The molecule has 0 saturated carbocycles. The first kappa shape index (κ1) is 11.1. The van der Waals surface area contributed by atoms with Gasteiger partial charge in [-0.1, -0.05) is 0 Å². The van der Waals surface area contributed by atoms with Gasteiger partial charge in [-0.05, 0) is 25.1 Å². The molecule has 1 unspecified atom stereocenters. The van der Waals surface area contributed by atoms with Crippen LogP contribution in [0.5, 0.6) is 5.75 Å². The molecule has 1 aromatic carbocycles. The lowest BCUT2D eigenvalue weighted by Gasteiger charge is -2.25. The largest absolute Gasteiger partial charge is 0.479 e. The molecule has 1 N–H and O–H groups in total. The van der Waals surface area contributed by atoms with Gasteiger partial charge in [-0.2, -0.15) is 0 Å². The van der Waals surface area contributed by atoms with Crippen LogP contribution in [0.15, 0.2) is 18.2 Å². The third-order valence-corrected chi connectivity index (χ3v) is 2.87. The van der Waals surface area contributed by atoms with Crippen molar-refractivity contribution in [2.45, 2.75) is 13.0 Å². The smallest absolute Gasteiger partial charge is 0.265 e. The highest BCUT2D eigenvalue weighted by Crippen LogP contribution is 2.33. The number of nitrogens with one attached hydrogen (secondary N) is 1. The van der Waals surface area contributed by atoms with Crippen molar-refractivity contribution in [2.75, 3.05) is 23.3 Å². The van der Waals surface area contributed by atoms with Gasteiger partial charge in [0, 0.05) is 12.7 Å². The molecule has 16 heavy (non-hydrogen) atoms. The molecule has 0 fully saturated rings. The van der Waals surface area contributed by atoms with Gasteiger partial charge in [-0.3, -0.25) is 4.79 Å². The van der Waals surface area contributed by atoms with E-state index in [2.05, 4.69) is 5.32 Å². The fraction of sp³-hybridized carbons (Fsp3) is 0.364. The van der Waals surface area contributed by atoms with E-state index >= 15 is 0 Å². The van der Waals surface area contributed by atoms with Gasteiger partial charge >= 0.3 is 0 Å². The minimum absolute atomic E-state index is 0.127. The molecule has 1 aliphatic rings. The average molecular weight is 241 g/mol. The molecule has 0 bridgehead atoms. The summed E-state index contributed by atoms with van der Waals surface area (Å²) in [6.45, 7) is 1.72. The second-order valence-electron chi connectivity index (χ2n) is 3.75. The van der Waals surface area contributed by atoms with E-state index in [1.54, 1.807) is 6.92 Å². The highest BCUT2D eigenvalue weighted by Gasteiger charge is 2.23. The average Bonchev–Trinajstić information content (AvgIpc) is 2.29. The number of rotatable bonds is 2. The van der Waals surface area contributed by atoms with Gasteiger partial charge in [0.15, 0.2) is 6.10 Å². The zero-order chi connectivity index (χ0) is 11.7. The summed E-state index contributed by atoms with van der Waals surface area (Å²) < 4.78 is 5.45. The highest BCUT2D eigenvalue weighted by atomic mass is 35.5. The number of hydrogen-bond acceptors (Lipinski definition) is 3. The standard InChI is InChI=1S/C11H13ClN2O2/c1-7-11(15)13-9-5-8(14(2)6-12)3-4-10(9)16-7/h3-5,7H,6H2,1-2H3,(H,13,15). The van der Waals surface area contributed by atoms with Crippen molar-refractivity contribution >= 4 is 28.9 Å². The van der Waals surface area contributed by atoms with Crippen molar-refractivity contribution in [2.24, 2.45) is 0 Å². The van der Waals surface area contributed by atoms with Crippen molar-refractivity contribution in [1.29, 1.82) is 0 Å². The fourth-order valence-corrected chi connectivity index (χ4v) is 1.64. The zero-order valence-electron chi connectivity index (χ0n) is 9.16. The normalized spacial score (nSPS) is 18.4. The van der Waals surface area contributed by atoms with Crippen LogP contribution in [0.4, 0.5) is 11.4 Å². The summed E-state index contributed by atoms with van der Waals surface area (Å²) in [6, 6.07) is 5.99. The quantitative estimate of drug-likeness (QED) is 0.635. The van der Waals surface area contributed by atoms with Crippen molar-refractivity contribution in [3.8, 4) is 5.75 Å². The molecule has 2 rings (SSSR count). The number of carbonyl (C=O) groups is 1.